The molecule has 0 fully saturated rings. The van der Waals surface area contributed by atoms with Crippen LogP contribution in [0, 0.1) is 0 Å². The molecule has 6 nitrogen and oxygen atoms in total. The molecule has 3 rings (SSSR count). The summed E-state index contributed by atoms with van der Waals surface area (Å²) in [7, 11) is 0.452. The first-order valence-electron chi connectivity index (χ1n) is 8.92. The fraction of sp³-hybridized carbons (Fsp3) is 0.250. The topological polar surface area (TPSA) is 74.3 Å². The molecule has 28 heavy (non-hydrogen) atoms. The van der Waals surface area contributed by atoms with Crippen molar-refractivity contribution in [2.24, 2.45) is 0 Å². The van der Waals surface area contributed by atoms with E-state index in [1.807, 2.05) is 31.4 Å². The minimum Gasteiger partial charge on any atom is -0.318 e. The van der Waals surface area contributed by atoms with Crippen LogP contribution in [0.3, 0.4) is 0 Å². The molecule has 0 saturated heterocycles. The van der Waals surface area contributed by atoms with Gasteiger partial charge < -0.3 is 10.2 Å². The Morgan fingerprint density at radius 3 is 2.71 bits per heavy atom. The maximum atomic E-state index is 12.4. The second-order valence-corrected chi connectivity index (χ2v) is 9.40. The molecule has 0 amide bonds. The molecule has 0 radical (unpaired) electrons. The van der Waals surface area contributed by atoms with Crippen molar-refractivity contribution < 1.29 is 8.42 Å². The van der Waals surface area contributed by atoms with Crippen molar-refractivity contribution in [1.29, 1.82) is 0 Å². The second-order valence-electron chi connectivity index (χ2n) is 6.54. The lowest BCUT2D eigenvalue weighted by Crippen LogP contribution is -2.26. The third kappa shape index (κ3) is 5.39. The predicted molar refractivity (Wildman–Crippen MR) is 115 cm³/mol. The molecule has 0 aliphatic carbocycles. The molecule has 0 spiro atoms. The molecule has 0 atom stereocenters. The summed E-state index contributed by atoms with van der Waals surface area (Å²) in [5.74, 6) is 0. The highest BCUT2D eigenvalue weighted by Gasteiger charge is 2.15. The zero-order valence-electron chi connectivity index (χ0n) is 15.9. The number of likely N-dealkylation sites (N-methyl/N-ethyl adjacent to an activating group) is 2. The molecule has 3 aromatic rings. The lowest BCUT2D eigenvalue weighted by Gasteiger charge is -2.16. The van der Waals surface area contributed by atoms with Crippen molar-refractivity contribution in [2.75, 3.05) is 31.9 Å². The van der Waals surface area contributed by atoms with Crippen LogP contribution in [-0.2, 0) is 16.6 Å². The molecule has 0 aliphatic heterocycles. The first kappa shape index (κ1) is 20.5. The van der Waals surface area contributed by atoms with Crippen molar-refractivity contribution in [2.45, 2.75) is 10.8 Å². The Kier molecular flexibility index (Phi) is 6.79. The standard InChI is InChI=1S/C20H24N4O2S2/c1-21-8-9-24(2)15-16-11-18(14-22-13-16)17-5-3-6-19(12-17)23-28(25,26)20-7-4-10-27-20/h3-7,10-14,21,23H,8-9,15H2,1-2H3. The smallest absolute Gasteiger partial charge is 0.271 e. The van der Waals surface area contributed by atoms with Gasteiger partial charge in [-0.1, -0.05) is 18.2 Å². The maximum absolute atomic E-state index is 12.4. The Morgan fingerprint density at radius 2 is 1.96 bits per heavy atom. The number of pyridine rings is 1. The largest absolute Gasteiger partial charge is 0.318 e. The van der Waals surface area contributed by atoms with Crippen LogP contribution in [0.4, 0.5) is 5.69 Å². The molecule has 8 heteroatoms. The summed E-state index contributed by atoms with van der Waals surface area (Å²) >= 11 is 1.19. The molecule has 0 unspecified atom stereocenters. The van der Waals surface area contributed by atoms with Gasteiger partial charge >= 0.3 is 0 Å². The van der Waals surface area contributed by atoms with Gasteiger partial charge in [0.05, 0.1) is 0 Å². The van der Waals surface area contributed by atoms with Crippen LogP contribution in [0.15, 0.2) is 64.4 Å². The van der Waals surface area contributed by atoms with Gasteiger partial charge in [-0.2, -0.15) is 0 Å². The van der Waals surface area contributed by atoms with Gasteiger partial charge in [0.2, 0.25) is 0 Å². The van der Waals surface area contributed by atoms with Gasteiger partial charge in [0.15, 0.2) is 0 Å². The zero-order valence-corrected chi connectivity index (χ0v) is 17.6. The van der Waals surface area contributed by atoms with Gasteiger partial charge in [-0.3, -0.25) is 9.71 Å². The first-order valence-corrected chi connectivity index (χ1v) is 11.3. The number of nitrogens with zero attached hydrogens (tertiary/aromatic N) is 2. The SMILES string of the molecule is CNCCN(C)Cc1cncc(-c2cccc(NS(=O)(=O)c3cccs3)c2)c1. The third-order valence-corrected chi connectivity index (χ3v) is 6.98. The molecule has 0 aliphatic rings. The van der Waals surface area contributed by atoms with Crippen LogP contribution in [0.2, 0.25) is 0 Å². The van der Waals surface area contributed by atoms with Crippen LogP contribution in [0.5, 0.6) is 0 Å². The quantitative estimate of drug-likeness (QED) is 0.560. The van der Waals surface area contributed by atoms with E-state index < -0.39 is 10.0 Å². The Hall–Kier alpha value is -2.26. The van der Waals surface area contributed by atoms with E-state index in [0.717, 1.165) is 36.3 Å². The highest BCUT2D eigenvalue weighted by Crippen LogP contribution is 2.25. The Bertz CT molecular complexity index is 1000. The van der Waals surface area contributed by atoms with Gasteiger partial charge in [-0.05, 0) is 54.9 Å². The number of benzene rings is 1. The molecule has 0 bridgehead atoms. The predicted octanol–water partition coefficient (Wildman–Crippen LogP) is 3.26. The van der Waals surface area contributed by atoms with Gasteiger partial charge in [0.1, 0.15) is 4.21 Å². The minimum absolute atomic E-state index is 0.297. The summed E-state index contributed by atoms with van der Waals surface area (Å²) in [6.45, 7) is 2.67. The monoisotopic (exact) mass is 416 g/mol. The highest BCUT2D eigenvalue weighted by atomic mass is 32.2. The van der Waals surface area contributed by atoms with Gasteiger partial charge in [0.25, 0.3) is 10.0 Å². The van der Waals surface area contributed by atoms with Crippen LogP contribution in [0.1, 0.15) is 5.56 Å². The fourth-order valence-electron chi connectivity index (χ4n) is 2.81. The minimum atomic E-state index is -3.56. The Balaban J connectivity index is 1.78. The number of anilines is 1. The van der Waals surface area contributed by atoms with E-state index in [4.69, 9.17) is 0 Å². The van der Waals surface area contributed by atoms with E-state index in [0.29, 0.717) is 9.90 Å². The molecule has 2 heterocycles. The normalized spacial score (nSPS) is 11.7. The number of hydrogen-bond acceptors (Lipinski definition) is 6. The van der Waals surface area contributed by atoms with Crippen molar-refractivity contribution >= 4 is 27.0 Å². The average Bonchev–Trinajstić information content (AvgIpc) is 3.22. The summed E-state index contributed by atoms with van der Waals surface area (Å²) in [5, 5.41) is 4.89. The highest BCUT2D eigenvalue weighted by molar-refractivity contribution is 7.94. The molecular weight excluding hydrogens is 392 g/mol. The van der Waals surface area contributed by atoms with Gasteiger partial charge in [-0.25, -0.2) is 8.42 Å². The number of hydrogen-bond donors (Lipinski definition) is 2. The van der Waals surface area contributed by atoms with Crippen molar-refractivity contribution in [1.82, 2.24) is 15.2 Å². The molecule has 2 N–H and O–H groups in total. The molecule has 148 valence electrons. The second kappa shape index (κ2) is 9.29. The lowest BCUT2D eigenvalue weighted by molar-refractivity contribution is 0.328. The van der Waals surface area contributed by atoms with E-state index in [1.165, 1.54) is 11.3 Å². The molecular formula is C20H24N4O2S2. The van der Waals surface area contributed by atoms with E-state index in [-0.39, 0.29) is 0 Å². The first-order chi connectivity index (χ1) is 13.5. The van der Waals surface area contributed by atoms with Crippen molar-refractivity contribution in [3.8, 4) is 11.1 Å². The number of sulfonamides is 1. The van der Waals surface area contributed by atoms with Crippen LogP contribution in [-0.4, -0.2) is 45.5 Å². The van der Waals surface area contributed by atoms with Crippen LogP contribution >= 0.6 is 11.3 Å². The van der Waals surface area contributed by atoms with Gasteiger partial charge in [0, 0.05) is 43.3 Å². The molecule has 2 aromatic heterocycles. The average molecular weight is 417 g/mol. The summed E-state index contributed by atoms with van der Waals surface area (Å²) in [4.78, 5) is 6.59. The fourth-order valence-corrected chi connectivity index (χ4v) is 4.85. The van der Waals surface area contributed by atoms with E-state index >= 15 is 0 Å². The van der Waals surface area contributed by atoms with Crippen molar-refractivity contribution in [3.05, 3.63) is 65.8 Å². The Labute approximate surface area is 170 Å². The van der Waals surface area contributed by atoms with E-state index in [1.54, 1.807) is 29.8 Å². The lowest BCUT2D eigenvalue weighted by atomic mass is 10.1. The number of aromatic nitrogens is 1. The summed E-state index contributed by atoms with van der Waals surface area (Å²) < 4.78 is 27.8. The van der Waals surface area contributed by atoms with Crippen LogP contribution < -0.4 is 10.0 Å². The number of thiophene rings is 1. The third-order valence-electron chi connectivity index (χ3n) is 4.20. The van der Waals surface area contributed by atoms with Gasteiger partial charge in [-0.15, -0.1) is 11.3 Å². The van der Waals surface area contributed by atoms with E-state index in [9.17, 15) is 8.42 Å². The maximum Gasteiger partial charge on any atom is 0.271 e. The van der Waals surface area contributed by atoms with E-state index in [2.05, 4.69) is 33.0 Å². The number of nitrogens with one attached hydrogen (secondary N) is 2. The summed E-state index contributed by atoms with van der Waals surface area (Å²) in [5.41, 5.74) is 3.51. The molecule has 0 saturated carbocycles. The molecule has 1 aromatic carbocycles. The van der Waals surface area contributed by atoms with Crippen molar-refractivity contribution in [3.63, 3.8) is 0 Å². The number of rotatable bonds is 9. The van der Waals surface area contributed by atoms with Crippen LogP contribution in [0.25, 0.3) is 11.1 Å². The summed E-state index contributed by atoms with van der Waals surface area (Å²) in [6, 6.07) is 12.8. The Morgan fingerprint density at radius 1 is 1.11 bits per heavy atom. The zero-order chi connectivity index (χ0) is 20.0. The summed E-state index contributed by atoms with van der Waals surface area (Å²) in [6.07, 6.45) is 3.66.